The van der Waals surface area contributed by atoms with Gasteiger partial charge in [0.05, 0.1) is 0 Å². The van der Waals surface area contributed by atoms with Gasteiger partial charge in [0.2, 0.25) is 0 Å². The summed E-state index contributed by atoms with van der Waals surface area (Å²) in [5, 5.41) is 13.0. The molecule has 2 aromatic carbocycles. The third-order valence-electron chi connectivity index (χ3n) is 2.87. The maximum absolute atomic E-state index is 4.65. The molecule has 0 aliphatic carbocycles. The van der Waals surface area contributed by atoms with E-state index in [0.29, 0.717) is 0 Å². The fourth-order valence-electron chi connectivity index (χ4n) is 1.95. The van der Waals surface area contributed by atoms with E-state index in [2.05, 4.69) is 20.5 Å². The summed E-state index contributed by atoms with van der Waals surface area (Å²) >= 11 is 1.49. The Labute approximate surface area is 127 Å². The molecule has 0 aliphatic heterocycles. The number of hydrogen-bond acceptors (Lipinski definition) is 5. The summed E-state index contributed by atoms with van der Waals surface area (Å²) in [4.78, 5) is 4.65. The number of nitrogens with one attached hydrogen (secondary N) is 1. The average molecular weight is 294 g/mol. The zero-order valence-electron chi connectivity index (χ0n) is 11.5. The van der Waals surface area contributed by atoms with Crippen LogP contribution in [0.3, 0.4) is 0 Å². The Hall–Kier alpha value is -2.53. The molecule has 1 heterocycles. The zero-order valence-corrected chi connectivity index (χ0v) is 12.3. The van der Waals surface area contributed by atoms with Gasteiger partial charge in [0.15, 0.2) is 10.1 Å². The quantitative estimate of drug-likeness (QED) is 0.666. The fourth-order valence-corrected chi connectivity index (χ4v) is 2.82. The first-order valence-corrected chi connectivity index (χ1v) is 7.36. The lowest BCUT2D eigenvalue weighted by molar-refractivity contribution is 1.18. The van der Waals surface area contributed by atoms with Gasteiger partial charge >= 0.3 is 0 Å². The van der Waals surface area contributed by atoms with Gasteiger partial charge in [-0.25, -0.2) is 4.98 Å². The van der Waals surface area contributed by atoms with Crippen molar-refractivity contribution in [2.75, 3.05) is 12.4 Å². The Balaban J connectivity index is 1.97. The highest BCUT2D eigenvalue weighted by Gasteiger charge is 2.12. The van der Waals surface area contributed by atoms with Crippen LogP contribution < -0.4 is 5.32 Å². The first-order valence-electron chi connectivity index (χ1n) is 6.55. The maximum Gasteiger partial charge on any atom is 0.189 e. The minimum Gasteiger partial charge on any atom is -0.331 e. The van der Waals surface area contributed by atoms with Gasteiger partial charge in [0.1, 0.15) is 5.69 Å². The molecule has 4 nitrogen and oxygen atoms in total. The third kappa shape index (κ3) is 3.14. The molecule has 3 rings (SSSR count). The first-order chi connectivity index (χ1) is 10.4. The number of nitrogens with zero attached hydrogens (tertiary/aromatic N) is 3. The predicted octanol–water partition coefficient (Wildman–Crippen LogP) is 5.27. The second kappa shape index (κ2) is 6.28. The highest BCUT2D eigenvalue weighted by Crippen LogP contribution is 2.39. The molecule has 0 aliphatic rings. The molecule has 5 heteroatoms. The molecular formula is C16H14N4S. The predicted molar refractivity (Wildman–Crippen MR) is 87.7 cm³/mol. The SMILES string of the molecule is CN=Nc1sc(Nc2ccccc2)nc1-c1ccccc1. The van der Waals surface area contributed by atoms with E-state index in [-0.39, 0.29) is 0 Å². The number of anilines is 2. The summed E-state index contributed by atoms with van der Waals surface area (Å²) in [5.41, 5.74) is 2.90. The normalized spacial score (nSPS) is 10.9. The van der Waals surface area contributed by atoms with Crippen LogP contribution in [0.25, 0.3) is 11.3 Å². The Morgan fingerprint density at radius 1 is 0.952 bits per heavy atom. The smallest absolute Gasteiger partial charge is 0.189 e. The molecule has 0 unspecified atom stereocenters. The molecule has 104 valence electrons. The van der Waals surface area contributed by atoms with E-state index in [1.165, 1.54) is 11.3 Å². The summed E-state index contributed by atoms with van der Waals surface area (Å²) in [5.74, 6) is 0. The van der Waals surface area contributed by atoms with Gasteiger partial charge < -0.3 is 5.32 Å². The number of azo groups is 1. The molecule has 3 aromatic rings. The molecule has 0 atom stereocenters. The van der Waals surface area contributed by atoms with E-state index in [4.69, 9.17) is 0 Å². The molecule has 0 amide bonds. The molecule has 0 saturated carbocycles. The molecule has 0 radical (unpaired) electrons. The minimum atomic E-state index is 0.808. The third-order valence-corrected chi connectivity index (χ3v) is 3.73. The van der Waals surface area contributed by atoms with Gasteiger partial charge in [0, 0.05) is 18.3 Å². The van der Waals surface area contributed by atoms with Crippen molar-refractivity contribution in [2.24, 2.45) is 10.2 Å². The lowest BCUT2D eigenvalue weighted by Crippen LogP contribution is -1.88. The van der Waals surface area contributed by atoms with E-state index in [1.54, 1.807) is 7.05 Å². The lowest BCUT2D eigenvalue weighted by Gasteiger charge is -2.00. The Bertz CT molecular complexity index is 735. The van der Waals surface area contributed by atoms with E-state index in [0.717, 1.165) is 27.1 Å². The Morgan fingerprint density at radius 2 is 1.62 bits per heavy atom. The average Bonchev–Trinajstić information content (AvgIpc) is 2.92. The summed E-state index contributed by atoms with van der Waals surface area (Å²) in [7, 11) is 1.67. The van der Waals surface area contributed by atoms with Gasteiger partial charge in [-0.1, -0.05) is 59.9 Å². The van der Waals surface area contributed by atoms with Crippen molar-refractivity contribution >= 4 is 27.2 Å². The van der Waals surface area contributed by atoms with Gasteiger partial charge in [-0.3, -0.25) is 0 Å². The number of hydrogen-bond donors (Lipinski definition) is 1. The van der Waals surface area contributed by atoms with Crippen LogP contribution in [0.15, 0.2) is 70.9 Å². The van der Waals surface area contributed by atoms with Crippen molar-refractivity contribution in [2.45, 2.75) is 0 Å². The van der Waals surface area contributed by atoms with Crippen LogP contribution in [0, 0.1) is 0 Å². The van der Waals surface area contributed by atoms with Crippen LogP contribution in [-0.4, -0.2) is 12.0 Å². The van der Waals surface area contributed by atoms with Crippen molar-refractivity contribution < 1.29 is 0 Å². The molecule has 1 aromatic heterocycles. The van der Waals surface area contributed by atoms with Crippen LogP contribution in [-0.2, 0) is 0 Å². The van der Waals surface area contributed by atoms with E-state index in [1.807, 2.05) is 60.7 Å². The summed E-state index contributed by atoms with van der Waals surface area (Å²) in [6.07, 6.45) is 0. The number of para-hydroxylation sites is 1. The van der Waals surface area contributed by atoms with E-state index in [9.17, 15) is 0 Å². The summed E-state index contributed by atoms with van der Waals surface area (Å²) < 4.78 is 0. The van der Waals surface area contributed by atoms with Crippen LogP contribution in [0.1, 0.15) is 0 Å². The molecule has 1 N–H and O–H groups in total. The molecular weight excluding hydrogens is 280 g/mol. The Kier molecular flexibility index (Phi) is 4.02. The summed E-state index contributed by atoms with van der Waals surface area (Å²) in [6.45, 7) is 0. The second-order valence-corrected chi connectivity index (χ2v) is 5.31. The number of aromatic nitrogens is 1. The monoisotopic (exact) mass is 294 g/mol. The number of thiazole rings is 1. The maximum atomic E-state index is 4.65. The first kappa shape index (κ1) is 13.5. The van der Waals surface area contributed by atoms with Crippen LogP contribution in [0.2, 0.25) is 0 Å². The highest BCUT2D eigenvalue weighted by atomic mass is 32.1. The molecule has 0 saturated heterocycles. The number of rotatable bonds is 4. The molecule has 0 bridgehead atoms. The minimum absolute atomic E-state index is 0.808. The van der Waals surface area contributed by atoms with Crippen molar-refractivity contribution in [3.05, 3.63) is 60.7 Å². The Morgan fingerprint density at radius 3 is 2.29 bits per heavy atom. The van der Waals surface area contributed by atoms with Crippen molar-refractivity contribution in [1.29, 1.82) is 0 Å². The topological polar surface area (TPSA) is 49.6 Å². The van der Waals surface area contributed by atoms with Crippen LogP contribution in [0.4, 0.5) is 15.8 Å². The van der Waals surface area contributed by atoms with Crippen LogP contribution in [0.5, 0.6) is 0 Å². The van der Waals surface area contributed by atoms with Crippen LogP contribution >= 0.6 is 11.3 Å². The van der Waals surface area contributed by atoms with Gasteiger partial charge in [0.25, 0.3) is 0 Å². The largest absolute Gasteiger partial charge is 0.331 e. The van der Waals surface area contributed by atoms with Crippen molar-refractivity contribution in [3.8, 4) is 11.3 Å². The van der Waals surface area contributed by atoms with Gasteiger partial charge in [-0.15, -0.1) is 5.11 Å². The van der Waals surface area contributed by atoms with Gasteiger partial charge in [-0.05, 0) is 12.1 Å². The van der Waals surface area contributed by atoms with E-state index >= 15 is 0 Å². The molecule has 21 heavy (non-hydrogen) atoms. The van der Waals surface area contributed by atoms with Crippen molar-refractivity contribution in [1.82, 2.24) is 4.98 Å². The van der Waals surface area contributed by atoms with Crippen molar-refractivity contribution in [3.63, 3.8) is 0 Å². The van der Waals surface area contributed by atoms with Gasteiger partial charge in [-0.2, -0.15) is 5.11 Å². The lowest BCUT2D eigenvalue weighted by atomic mass is 10.2. The zero-order chi connectivity index (χ0) is 14.5. The molecule has 0 spiro atoms. The highest BCUT2D eigenvalue weighted by molar-refractivity contribution is 7.19. The van der Waals surface area contributed by atoms with E-state index < -0.39 is 0 Å². The summed E-state index contributed by atoms with van der Waals surface area (Å²) in [6, 6.07) is 20.0. The second-order valence-electron chi connectivity index (χ2n) is 4.33. The standard InChI is InChI=1S/C16H14N4S/c1-17-20-15-14(12-8-4-2-5-9-12)19-16(21-15)18-13-10-6-3-7-11-13/h2-11H,1H3,(H,18,19). The number of benzene rings is 2. The fraction of sp³-hybridized carbons (Fsp3) is 0.0625. The molecule has 0 fully saturated rings.